The minimum Gasteiger partial charge on any atom is -0.492 e. The van der Waals surface area contributed by atoms with E-state index in [2.05, 4.69) is 38.7 Å². The van der Waals surface area contributed by atoms with Crippen LogP contribution in [0.1, 0.15) is 27.0 Å². The summed E-state index contributed by atoms with van der Waals surface area (Å²) < 4.78 is 6.56. The topological polar surface area (TPSA) is 50.4 Å². The van der Waals surface area contributed by atoms with Gasteiger partial charge in [-0.15, -0.1) is 0 Å². The van der Waals surface area contributed by atoms with Crippen molar-refractivity contribution in [2.45, 2.75) is 20.3 Å². The highest BCUT2D eigenvalue weighted by atomic mass is 79.9. The number of benzene rings is 3. The molecule has 2 N–H and O–H groups in total. The second kappa shape index (κ2) is 10.4. The molecular weight excluding hydrogens is 460 g/mol. The van der Waals surface area contributed by atoms with Gasteiger partial charge in [0.15, 0.2) is 5.11 Å². The van der Waals surface area contributed by atoms with Gasteiger partial charge < -0.3 is 10.1 Å². The van der Waals surface area contributed by atoms with Crippen LogP contribution < -0.4 is 15.4 Å². The maximum Gasteiger partial charge on any atom is 0.257 e. The molecule has 0 heterocycles. The highest BCUT2D eigenvalue weighted by molar-refractivity contribution is 9.10. The lowest BCUT2D eigenvalue weighted by molar-refractivity contribution is 0.0977. The van der Waals surface area contributed by atoms with Crippen molar-refractivity contribution < 1.29 is 9.53 Å². The summed E-state index contributed by atoms with van der Waals surface area (Å²) in [5, 5.41) is 6.06. The lowest BCUT2D eigenvalue weighted by atomic mass is 10.1. The predicted molar refractivity (Wildman–Crippen MR) is 129 cm³/mol. The van der Waals surface area contributed by atoms with E-state index in [-0.39, 0.29) is 11.0 Å². The minimum atomic E-state index is -0.283. The number of carbonyl (C=O) groups is 1. The van der Waals surface area contributed by atoms with Crippen LogP contribution in [0.2, 0.25) is 0 Å². The molecule has 4 nitrogen and oxygen atoms in total. The SMILES string of the molecule is Cc1ccc(C)c(NC(=S)NC(=O)c2ccc(OCCc3ccccc3)c(Br)c2)c1. The molecule has 3 rings (SSSR count). The molecule has 0 fully saturated rings. The van der Waals surface area contributed by atoms with Crippen LogP contribution in [0.5, 0.6) is 5.75 Å². The van der Waals surface area contributed by atoms with E-state index in [4.69, 9.17) is 17.0 Å². The van der Waals surface area contributed by atoms with E-state index in [1.807, 2.05) is 50.2 Å². The van der Waals surface area contributed by atoms with Gasteiger partial charge in [-0.2, -0.15) is 0 Å². The zero-order chi connectivity index (χ0) is 21.5. The van der Waals surface area contributed by atoms with Crippen molar-refractivity contribution in [3.05, 3.63) is 93.5 Å². The number of carbonyl (C=O) groups excluding carboxylic acids is 1. The Kier molecular flexibility index (Phi) is 7.60. The van der Waals surface area contributed by atoms with Gasteiger partial charge in [-0.1, -0.05) is 42.5 Å². The van der Waals surface area contributed by atoms with E-state index in [1.54, 1.807) is 18.2 Å². The molecule has 0 radical (unpaired) electrons. The third-order valence-electron chi connectivity index (χ3n) is 4.55. The average Bonchev–Trinajstić information content (AvgIpc) is 2.72. The fourth-order valence-electron chi connectivity index (χ4n) is 2.88. The molecule has 0 spiro atoms. The zero-order valence-electron chi connectivity index (χ0n) is 16.9. The number of aryl methyl sites for hydroxylation is 2. The Morgan fingerprint density at radius 2 is 1.80 bits per heavy atom. The summed E-state index contributed by atoms with van der Waals surface area (Å²) in [4.78, 5) is 12.6. The third-order valence-corrected chi connectivity index (χ3v) is 5.38. The first-order valence-corrected chi connectivity index (χ1v) is 10.8. The van der Waals surface area contributed by atoms with Gasteiger partial charge in [0.2, 0.25) is 0 Å². The Labute approximate surface area is 190 Å². The van der Waals surface area contributed by atoms with Gasteiger partial charge in [-0.05, 0) is 83.0 Å². The number of nitrogens with one attached hydrogen (secondary N) is 2. The van der Waals surface area contributed by atoms with Crippen molar-refractivity contribution in [3.8, 4) is 5.75 Å². The number of thiocarbonyl (C=S) groups is 1. The normalized spacial score (nSPS) is 10.4. The van der Waals surface area contributed by atoms with Gasteiger partial charge in [0, 0.05) is 17.7 Å². The van der Waals surface area contributed by atoms with Crippen LogP contribution in [-0.2, 0) is 6.42 Å². The highest BCUT2D eigenvalue weighted by Gasteiger charge is 2.12. The molecule has 0 atom stereocenters. The van der Waals surface area contributed by atoms with Crippen LogP contribution in [0.3, 0.4) is 0 Å². The van der Waals surface area contributed by atoms with E-state index in [9.17, 15) is 4.79 Å². The van der Waals surface area contributed by atoms with Crippen molar-refractivity contribution in [1.29, 1.82) is 0 Å². The molecule has 154 valence electrons. The summed E-state index contributed by atoms with van der Waals surface area (Å²) in [5.41, 5.74) is 4.75. The summed E-state index contributed by atoms with van der Waals surface area (Å²) in [6, 6.07) is 21.4. The van der Waals surface area contributed by atoms with Gasteiger partial charge in [0.05, 0.1) is 11.1 Å². The maximum absolute atomic E-state index is 12.6. The van der Waals surface area contributed by atoms with Gasteiger partial charge >= 0.3 is 0 Å². The van der Waals surface area contributed by atoms with Crippen LogP contribution in [0.4, 0.5) is 5.69 Å². The van der Waals surface area contributed by atoms with Crippen LogP contribution in [0, 0.1) is 13.8 Å². The Balaban J connectivity index is 1.56. The number of halogens is 1. The lowest BCUT2D eigenvalue weighted by Gasteiger charge is -2.13. The smallest absolute Gasteiger partial charge is 0.257 e. The van der Waals surface area contributed by atoms with Crippen LogP contribution in [0.15, 0.2) is 71.2 Å². The Morgan fingerprint density at radius 1 is 1.03 bits per heavy atom. The zero-order valence-corrected chi connectivity index (χ0v) is 19.3. The Hall–Kier alpha value is -2.70. The Morgan fingerprint density at radius 3 is 2.53 bits per heavy atom. The molecule has 1 amide bonds. The molecular formula is C24H23BrN2O2S. The molecule has 0 saturated heterocycles. The van der Waals surface area contributed by atoms with Gasteiger partial charge in [0.25, 0.3) is 5.91 Å². The van der Waals surface area contributed by atoms with Gasteiger partial charge in [-0.3, -0.25) is 10.1 Å². The second-order valence-electron chi connectivity index (χ2n) is 6.96. The molecule has 0 unspecified atom stereocenters. The molecule has 0 aliphatic rings. The number of hydrogen-bond acceptors (Lipinski definition) is 3. The van der Waals surface area contributed by atoms with Crippen molar-refractivity contribution in [2.75, 3.05) is 11.9 Å². The van der Waals surface area contributed by atoms with Crippen molar-refractivity contribution >= 4 is 44.9 Å². The number of anilines is 1. The molecule has 6 heteroatoms. The molecule has 3 aromatic rings. The van der Waals surface area contributed by atoms with Crippen LogP contribution in [-0.4, -0.2) is 17.6 Å². The fourth-order valence-corrected chi connectivity index (χ4v) is 3.58. The quantitative estimate of drug-likeness (QED) is 0.435. The molecule has 0 aliphatic carbocycles. The Bertz CT molecular complexity index is 1050. The molecule has 0 saturated carbocycles. The predicted octanol–water partition coefficient (Wildman–Crippen LogP) is 5.81. The molecule has 0 bridgehead atoms. The highest BCUT2D eigenvalue weighted by Crippen LogP contribution is 2.26. The third kappa shape index (κ3) is 6.15. The van der Waals surface area contributed by atoms with Crippen molar-refractivity contribution in [3.63, 3.8) is 0 Å². The largest absolute Gasteiger partial charge is 0.492 e. The summed E-state index contributed by atoms with van der Waals surface area (Å²) in [7, 11) is 0. The van der Waals surface area contributed by atoms with Crippen LogP contribution >= 0.6 is 28.1 Å². The van der Waals surface area contributed by atoms with Crippen LogP contribution in [0.25, 0.3) is 0 Å². The molecule has 0 aliphatic heterocycles. The number of hydrogen-bond donors (Lipinski definition) is 2. The average molecular weight is 483 g/mol. The van der Waals surface area contributed by atoms with E-state index >= 15 is 0 Å². The first-order chi connectivity index (χ1) is 14.4. The second-order valence-corrected chi connectivity index (χ2v) is 8.22. The van der Waals surface area contributed by atoms with E-state index in [0.29, 0.717) is 17.9 Å². The van der Waals surface area contributed by atoms with Crippen molar-refractivity contribution in [2.24, 2.45) is 0 Å². The minimum absolute atomic E-state index is 0.257. The molecule has 0 aromatic heterocycles. The number of amides is 1. The lowest BCUT2D eigenvalue weighted by Crippen LogP contribution is -2.34. The first kappa shape index (κ1) is 22.0. The summed E-state index contributed by atoms with van der Waals surface area (Å²) in [6.07, 6.45) is 0.813. The van der Waals surface area contributed by atoms with Gasteiger partial charge in [-0.25, -0.2) is 0 Å². The monoisotopic (exact) mass is 482 g/mol. The molecule has 3 aromatic carbocycles. The first-order valence-electron chi connectivity index (χ1n) is 9.58. The molecule has 30 heavy (non-hydrogen) atoms. The van der Waals surface area contributed by atoms with E-state index in [1.165, 1.54) is 5.56 Å². The van der Waals surface area contributed by atoms with E-state index in [0.717, 1.165) is 27.7 Å². The standard InChI is InChI=1S/C24H23BrN2O2S/c1-16-8-9-17(2)21(14-16)26-24(30)27-23(28)19-10-11-22(20(25)15-19)29-13-12-18-6-4-3-5-7-18/h3-11,14-15H,12-13H2,1-2H3,(H2,26,27,28,30). The number of ether oxygens (including phenoxy) is 1. The number of rotatable bonds is 6. The maximum atomic E-state index is 12.6. The summed E-state index contributed by atoms with van der Waals surface area (Å²) >= 11 is 8.78. The summed E-state index contributed by atoms with van der Waals surface area (Å²) in [6.45, 7) is 4.55. The van der Waals surface area contributed by atoms with Gasteiger partial charge in [0.1, 0.15) is 5.75 Å². The summed E-state index contributed by atoms with van der Waals surface area (Å²) in [5.74, 6) is 0.410. The van der Waals surface area contributed by atoms with E-state index < -0.39 is 0 Å². The fraction of sp³-hybridized carbons (Fsp3) is 0.167. The van der Waals surface area contributed by atoms with Crippen molar-refractivity contribution in [1.82, 2.24) is 5.32 Å².